The number of ether oxygens (including phenoxy) is 1. The third-order valence-corrected chi connectivity index (χ3v) is 3.82. The molecular weight excluding hydrogens is 294 g/mol. The molecule has 18 heavy (non-hydrogen) atoms. The van der Waals surface area contributed by atoms with E-state index in [9.17, 15) is 0 Å². The van der Waals surface area contributed by atoms with Crippen LogP contribution >= 0.6 is 15.9 Å². The smallest absolute Gasteiger partial charge is 0.159 e. The van der Waals surface area contributed by atoms with Gasteiger partial charge in [-0.3, -0.25) is 0 Å². The number of nitrogens with zero attached hydrogens (tertiary/aromatic N) is 2. The molecule has 4 nitrogen and oxygen atoms in total. The average molecular weight is 314 g/mol. The lowest BCUT2D eigenvalue weighted by molar-refractivity contribution is 0.105. The second-order valence-corrected chi connectivity index (χ2v) is 5.27. The van der Waals surface area contributed by atoms with E-state index in [-0.39, 0.29) is 6.10 Å². The summed E-state index contributed by atoms with van der Waals surface area (Å²) >= 11 is 3.60. The molecule has 1 aliphatic heterocycles. The van der Waals surface area contributed by atoms with Crippen LogP contribution in [0.3, 0.4) is 0 Å². The predicted octanol–water partition coefficient (Wildman–Crippen LogP) is 3.47. The van der Waals surface area contributed by atoms with Crippen LogP contribution in [0.15, 0.2) is 4.47 Å². The van der Waals surface area contributed by atoms with Crippen molar-refractivity contribution in [1.82, 2.24) is 9.97 Å². The molecule has 1 unspecified atom stereocenters. The van der Waals surface area contributed by atoms with Crippen molar-refractivity contribution in [3.05, 3.63) is 16.0 Å². The minimum Gasteiger partial charge on any atom is -0.370 e. The Balaban J connectivity index is 2.33. The molecule has 0 radical (unpaired) electrons. The summed E-state index contributed by atoms with van der Waals surface area (Å²) in [5, 5.41) is 3.28. The highest BCUT2D eigenvalue weighted by Crippen LogP contribution is 2.31. The van der Waals surface area contributed by atoms with Crippen molar-refractivity contribution in [1.29, 1.82) is 0 Å². The van der Waals surface area contributed by atoms with Gasteiger partial charge in [0.2, 0.25) is 0 Å². The van der Waals surface area contributed by atoms with Crippen molar-refractivity contribution < 1.29 is 4.74 Å². The Morgan fingerprint density at radius 3 is 2.83 bits per heavy atom. The van der Waals surface area contributed by atoms with E-state index in [1.165, 1.54) is 0 Å². The number of rotatable bonds is 5. The van der Waals surface area contributed by atoms with Crippen LogP contribution < -0.4 is 5.32 Å². The predicted molar refractivity (Wildman–Crippen MR) is 75.8 cm³/mol. The van der Waals surface area contributed by atoms with Crippen LogP contribution in [0.5, 0.6) is 0 Å². The zero-order chi connectivity index (χ0) is 13.0. The molecule has 2 heterocycles. The molecule has 1 saturated heterocycles. The van der Waals surface area contributed by atoms with Crippen LogP contribution in [0.2, 0.25) is 0 Å². The molecule has 0 aromatic carbocycles. The zero-order valence-corrected chi connectivity index (χ0v) is 12.6. The van der Waals surface area contributed by atoms with Crippen LogP contribution in [0, 0.1) is 0 Å². The first-order chi connectivity index (χ1) is 8.76. The fraction of sp³-hybridized carbons (Fsp3) is 0.692. The van der Waals surface area contributed by atoms with Crippen molar-refractivity contribution in [2.75, 3.05) is 18.5 Å². The summed E-state index contributed by atoms with van der Waals surface area (Å²) in [5.74, 6) is 1.72. The lowest BCUT2D eigenvalue weighted by Gasteiger charge is -2.14. The van der Waals surface area contributed by atoms with Gasteiger partial charge >= 0.3 is 0 Å². The highest BCUT2D eigenvalue weighted by molar-refractivity contribution is 9.10. The van der Waals surface area contributed by atoms with Gasteiger partial charge < -0.3 is 10.1 Å². The molecule has 0 saturated carbocycles. The van der Waals surface area contributed by atoms with E-state index >= 15 is 0 Å². The van der Waals surface area contributed by atoms with Crippen molar-refractivity contribution in [3.63, 3.8) is 0 Å². The first-order valence-corrected chi connectivity index (χ1v) is 7.47. The van der Waals surface area contributed by atoms with Crippen LogP contribution in [0.1, 0.15) is 50.7 Å². The molecule has 100 valence electrons. The Morgan fingerprint density at radius 2 is 2.22 bits per heavy atom. The molecule has 1 aromatic rings. The maximum atomic E-state index is 5.68. The van der Waals surface area contributed by atoms with Crippen molar-refractivity contribution in [2.45, 2.75) is 45.6 Å². The van der Waals surface area contributed by atoms with E-state index < -0.39 is 0 Å². The van der Waals surface area contributed by atoms with Crippen molar-refractivity contribution in [3.8, 4) is 0 Å². The zero-order valence-electron chi connectivity index (χ0n) is 11.0. The average Bonchev–Trinajstić information content (AvgIpc) is 2.88. The maximum absolute atomic E-state index is 5.68. The Morgan fingerprint density at radius 1 is 1.39 bits per heavy atom. The fourth-order valence-corrected chi connectivity index (χ4v) is 2.64. The van der Waals surface area contributed by atoms with Gasteiger partial charge in [0.05, 0.1) is 10.2 Å². The normalized spacial score (nSPS) is 19.2. The van der Waals surface area contributed by atoms with Gasteiger partial charge in [-0.1, -0.05) is 13.3 Å². The monoisotopic (exact) mass is 313 g/mol. The highest BCUT2D eigenvalue weighted by Gasteiger charge is 2.23. The van der Waals surface area contributed by atoms with Gasteiger partial charge in [-0.15, -0.1) is 0 Å². The number of halogens is 1. The summed E-state index contributed by atoms with van der Waals surface area (Å²) in [6, 6.07) is 0. The van der Waals surface area contributed by atoms with E-state index in [0.29, 0.717) is 0 Å². The molecule has 1 N–H and O–H groups in total. The Bertz CT molecular complexity index is 378. The van der Waals surface area contributed by atoms with Crippen molar-refractivity contribution >= 4 is 21.7 Å². The molecule has 0 spiro atoms. The summed E-state index contributed by atoms with van der Waals surface area (Å²) in [6.45, 7) is 5.91. The number of aryl methyl sites for hydroxylation is 1. The quantitative estimate of drug-likeness (QED) is 0.904. The van der Waals surface area contributed by atoms with Crippen LogP contribution in [0.25, 0.3) is 0 Å². The summed E-state index contributed by atoms with van der Waals surface area (Å²) in [7, 11) is 0. The lowest BCUT2D eigenvalue weighted by Crippen LogP contribution is -2.11. The molecule has 1 atom stereocenters. The minimum absolute atomic E-state index is 0.0751. The van der Waals surface area contributed by atoms with Crippen LogP contribution in [-0.4, -0.2) is 23.1 Å². The maximum Gasteiger partial charge on any atom is 0.159 e. The summed E-state index contributed by atoms with van der Waals surface area (Å²) in [5.41, 5.74) is 1.08. The van der Waals surface area contributed by atoms with Gasteiger partial charge in [-0.2, -0.15) is 0 Å². The van der Waals surface area contributed by atoms with Crippen LogP contribution in [-0.2, 0) is 11.2 Å². The molecule has 2 rings (SSSR count). The van der Waals surface area contributed by atoms with Gasteiger partial charge in [0, 0.05) is 13.2 Å². The Labute approximate surface area is 117 Å². The van der Waals surface area contributed by atoms with E-state index in [0.717, 1.165) is 60.6 Å². The summed E-state index contributed by atoms with van der Waals surface area (Å²) < 4.78 is 6.67. The third kappa shape index (κ3) is 3.01. The fourth-order valence-electron chi connectivity index (χ4n) is 2.12. The molecule has 5 heteroatoms. The van der Waals surface area contributed by atoms with Gasteiger partial charge in [-0.25, -0.2) is 9.97 Å². The Kier molecular flexibility index (Phi) is 4.95. The van der Waals surface area contributed by atoms with Gasteiger partial charge in [0.15, 0.2) is 5.82 Å². The number of nitrogens with one attached hydrogen (secondary N) is 1. The van der Waals surface area contributed by atoms with Crippen molar-refractivity contribution in [2.24, 2.45) is 0 Å². The highest BCUT2D eigenvalue weighted by atomic mass is 79.9. The molecule has 0 aliphatic carbocycles. The summed E-state index contributed by atoms with van der Waals surface area (Å²) in [6.07, 6.45) is 4.24. The largest absolute Gasteiger partial charge is 0.370 e. The SMILES string of the molecule is CCCc1nc(C2CCCO2)nc(NCC)c1Br. The molecule has 1 aliphatic rings. The number of aromatic nitrogens is 2. The molecule has 1 aromatic heterocycles. The first-order valence-electron chi connectivity index (χ1n) is 6.68. The number of hydrogen-bond acceptors (Lipinski definition) is 4. The van der Waals surface area contributed by atoms with Gasteiger partial charge in [-0.05, 0) is 42.1 Å². The number of anilines is 1. The van der Waals surface area contributed by atoms with E-state index in [4.69, 9.17) is 4.74 Å². The first kappa shape index (κ1) is 13.7. The van der Waals surface area contributed by atoms with E-state index in [2.05, 4.69) is 45.1 Å². The standard InChI is InChI=1S/C13H20BrN3O/c1-3-6-9-11(14)13(15-4-2)17-12(16-9)10-7-5-8-18-10/h10H,3-8H2,1-2H3,(H,15,16,17). The lowest BCUT2D eigenvalue weighted by atomic mass is 10.2. The summed E-state index contributed by atoms with van der Waals surface area (Å²) in [4.78, 5) is 9.26. The Hall–Kier alpha value is -0.680. The molecular formula is C13H20BrN3O. The third-order valence-electron chi connectivity index (χ3n) is 2.99. The molecule has 1 fully saturated rings. The second-order valence-electron chi connectivity index (χ2n) is 4.47. The second kappa shape index (κ2) is 6.48. The van der Waals surface area contributed by atoms with E-state index in [1.807, 2.05) is 0 Å². The molecule has 0 amide bonds. The van der Waals surface area contributed by atoms with Gasteiger partial charge in [0.25, 0.3) is 0 Å². The van der Waals surface area contributed by atoms with E-state index in [1.54, 1.807) is 0 Å². The van der Waals surface area contributed by atoms with Crippen LogP contribution in [0.4, 0.5) is 5.82 Å². The minimum atomic E-state index is 0.0751. The number of hydrogen-bond donors (Lipinski definition) is 1. The van der Waals surface area contributed by atoms with Gasteiger partial charge in [0.1, 0.15) is 11.9 Å². The molecule has 0 bridgehead atoms. The topological polar surface area (TPSA) is 47.0 Å².